The zero-order chi connectivity index (χ0) is 13.5. The quantitative estimate of drug-likeness (QED) is 0.822. The van der Waals surface area contributed by atoms with Crippen LogP contribution >= 0.6 is 0 Å². The average Bonchev–Trinajstić information content (AvgIpc) is 3.03. The first-order valence-corrected chi connectivity index (χ1v) is 8.09. The van der Waals surface area contributed by atoms with Gasteiger partial charge in [0, 0.05) is 44.3 Å². The van der Waals surface area contributed by atoms with Gasteiger partial charge in [-0.1, -0.05) is 0 Å². The Bertz CT molecular complexity index is 429. The number of piperidine rings is 3. The fourth-order valence-electron chi connectivity index (χ4n) is 4.57. The van der Waals surface area contributed by atoms with Gasteiger partial charge in [0.2, 0.25) is 0 Å². The molecule has 20 heavy (non-hydrogen) atoms. The molecule has 5 heterocycles. The topological polar surface area (TPSA) is 22.9 Å². The average molecular weight is 275 g/mol. The van der Waals surface area contributed by atoms with Crippen molar-refractivity contribution in [2.75, 3.05) is 44.2 Å². The molecule has 1 aromatic rings. The van der Waals surface area contributed by atoms with Crippen LogP contribution in [-0.4, -0.2) is 61.2 Å². The van der Waals surface area contributed by atoms with Crippen molar-refractivity contribution < 1.29 is 4.42 Å². The molecule has 4 saturated heterocycles. The molecule has 4 aliphatic rings. The van der Waals surface area contributed by atoms with Crippen LogP contribution in [-0.2, 0) is 0 Å². The maximum absolute atomic E-state index is 5.52. The van der Waals surface area contributed by atoms with Crippen molar-refractivity contribution >= 4 is 5.88 Å². The molecule has 4 nitrogen and oxygen atoms in total. The largest absolute Gasteiger partial charge is 0.449 e. The van der Waals surface area contributed by atoms with Gasteiger partial charge in [0.05, 0.1) is 6.26 Å². The third-order valence-corrected chi connectivity index (χ3v) is 5.68. The van der Waals surface area contributed by atoms with Crippen molar-refractivity contribution in [3.05, 3.63) is 18.4 Å². The lowest BCUT2D eigenvalue weighted by Crippen LogP contribution is -2.65. The zero-order valence-electron chi connectivity index (χ0n) is 12.4. The summed E-state index contributed by atoms with van der Waals surface area (Å²) in [6.45, 7) is 9.66. The number of furan rings is 1. The Morgan fingerprint density at radius 2 is 1.75 bits per heavy atom. The van der Waals surface area contributed by atoms with Crippen molar-refractivity contribution in [2.45, 2.75) is 31.8 Å². The Balaban J connectivity index is 1.42. The van der Waals surface area contributed by atoms with Gasteiger partial charge < -0.3 is 9.32 Å². The molecule has 4 fully saturated rings. The third kappa shape index (κ3) is 2.06. The molecule has 5 rings (SSSR count). The summed E-state index contributed by atoms with van der Waals surface area (Å²) in [6.07, 6.45) is 4.60. The van der Waals surface area contributed by atoms with Crippen LogP contribution in [0, 0.1) is 5.92 Å². The van der Waals surface area contributed by atoms with Gasteiger partial charge in [-0.05, 0) is 44.8 Å². The van der Waals surface area contributed by atoms with Gasteiger partial charge in [0.1, 0.15) is 0 Å². The molecular weight excluding hydrogens is 250 g/mol. The molecule has 0 radical (unpaired) electrons. The summed E-state index contributed by atoms with van der Waals surface area (Å²) in [5.74, 6) is 1.97. The lowest BCUT2D eigenvalue weighted by atomic mass is 9.78. The third-order valence-electron chi connectivity index (χ3n) is 5.68. The van der Waals surface area contributed by atoms with Gasteiger partial charge in [-0.15, -0.1) is 0 Å². The van der Waals surface area contributed by atoms with Crippen molar-refractivity contribution in [1.82, 2.24) is 9.80 Å². The highest BCUT2D eigenvalue weighted by Gasteiger charge is 2.43. The molecule has 0 amide bonds. The highest BCUT2D eigenvalue weighted by molar-refractivity contribution is 5.35. The summed E-state index contributed by atoms with van der Waals surface area (Å²) in [4.78, 5) is 7.83. The predicted octanol–water partition coefficient (Wildman–Crippen LogP) is 1.88. The monoisotopic (exact) mass is 275 g/mol. The fourth-order valence-corrected chi connectivity index (χ4v) is 4.57. The second kappa shape index (κ2) is 5.08. The zero-order valence-corrected chi connectivity index (χ0v) is 12.4. The molecule has 1 aromatic heterocycles. The summed E-state index contributed by atoms with van der Waals surface area (Å²) >= 11 is 0. The van der Waals surface area contributed by atoms with Crippen molar-refractivity contribution in [3.8, 4) is 0 Å². The van der Waals surface area contributed by atoms with E-state index in [9.17, 15) is 0 Å². The minimum atomic E-state index is 0.748. The highest BCUT2D eigenvalue weighted by atomic mass is 16.3. The van der Waals surface area contributed by atoms with Crippen molar-refractivity contribution in [1.29, 1.82) is 0 Å². The Morgan fingerprint density at radius 3 is 2.35 bits per heavy atom. The van der Waals surface area contributed by atoms with E-state index in [4.69, 9.17) is 4.42 Å². The number of hydrogen-bond acceptors (Lipinski definition) is 4. The molecule has 0 saturated carbocycles. The summed E-state index contributed by atoms with van der Waals surface area (Å²) < 4.78 is 5.52. The first-order valence-electron chi connectivity index (χ1n) is 8.09. The van der Waals surface area contributed by atoms with E-state index in [0.717, 1.165) is 37.0 Å². The number of fused-ring (bicyclic) bond motifs is 3. The number of nitrogens with zero attached hydrogens (tertiary/aromatic N) is 3. The molecule has 4 aliphatic heterocycles. The molecular formula is C16H25N3O. The molecule has 0 aliphatic carbocycles. The van der Waals surface area contributed by atoms with Crippen LogP contribution in [0.1, 0.15) is 19.8 Å². The van der Waals surface area contributed by atoms with Crippen LogP contribution in [0.15, 0.2) is 22.8 Å². The van der Waals surface area contributed by atoms with E-state index < -0.39 is 0 Å². The Kier molecular flexibility index (Phi) is 3.23. The molecule has 0 aromatic carbocycles. The minimum Gasteiger partial charge on any atom is -0.449 e. The van der Waals surface area contributed by atoms with Crippen molar-refractivity contribution in [3.63, 3.8) is 0 Å². The summed E-state index contributed by atoms with van der Waals surface area (Å²) in [5, 5.41) is 0. The lowest BCUT2D eigenvalue weighted by molar-refractivity contribution is -0.0386. The number of piperazine rings is 1. The van der Waals surface area contributed by atoms with Gasteiger partial charge in [-0.3, -0.25) is 9.80 Å². The molecule has 4 heteroatoms. The maximum atomic E-state index is 5.52. The second-order valence-corrected chi connectivity index (χ2v) is 6.58. The van der Waals surface area contributed by atoms with E-state index in [0.29, 0.717) is 0 Å². The second-order valence-electron chi connectivity index (χ2n) is 6.58. The smallest absolute Gasteiger partial charge is 0.195 e. The Hall–Kier alpha value is -1.00. The van der Waals surface area contributed by atoms with E-state index in [2.05, 4.69) is 27.7 Å². The summed E-state index contributed by atoms with van der Waals surface area (Å²) in [6, 6.07) is 5.60. The van der Waals surface area contributed by atoms with Gasteiger partial charge in [-0.25, -0.2) is 0 Å². The molecule has 0 N–H and O–H groups in total. The normalized spacial score (nSPS) is 38.4. The molecule has 2 bridgehead atoms. The van der Waals surface area contributed by atoms with Gasteiger partial charge in [-0.2, -0.15) is 0 Å². The summed E-state index contributed by atoms with van der Waals surface area (Å²) in [7, 11) is 0. The Morgan fingerprint density at radius 1 is 1.00 bits per heavy atom. The molecule has 0 spiro atoms. The first-order chi connectivity index (χ1) is 9.83. The van der Waals surface area contributed by atoms with Crippen LogP contribution < -0.4 is 4.90 Å². The van der Waals surface area contributed by atoms with Crippen LogP contribution in [0.3, 0.4) is 0 Å². The maximum Gasteiger partial charge on any atom is 0.195 e. The van der Waals surface area contributed by atoms with Crippen LogP contribution in [0.25, 0.3) is 0 Å². The van der Waals surface area contributed by atoms with Gasteiger partial charge in [0.25, 0.3) is 0 Å². The van der Waals surface area contributed by atoms with Crippen LogP contribution in [0.4, 0.5) is 5.88 Å². The fraction of sp³-hybridized carbons (Fsp3) is 0.750. The molecule has 110 valence electrons. The number of rotatable bonds is 2. The highest BCUT2D eigenvalue weighted by Crippen LogP contribution is 2.35. The lowest BCUT2D eigenvalue weighted by Gasteiger charge is -2.55. The minimum absolute atomic E-state index is 0.748. The standard InChI is InChI=1S/C16H25N3O/c1-13-16(14-4-6-17(13)7-5-14)19-10-8-18(9-11-19)15-3-2-12-20-15/h2-3,12-14,16H,4-11H2,1H3/t13-,16-/m0/s1. The van der Waals surface area contributed by atoms with Gasteiger partial charge in [0.15, 0.2) is 5.88 Å². The first kappa shape index (κ1) is 12.7. The van der Waals surface area contributed by atoms with E-state index in [1.165, 1.54) is 39.0 Å². The van der Waals surface area contributed by atoms with Crippen LogP contribution in [0.2, 0.25) is 0 Å². The van der Waals surface area contributed by atoms with Crippen LogP contribution in [0.5, 0.6) is 0 Å². The number of hydrogen-bond donors (Lipinski definition) is 0. The van der Waals surface area contributed by atoms with E-state index in [-0.39, 0.29) is 0 Å². The van der Waals surface area contributed by atoms with E-state index in [1.54, 1.807) is 6.26 Å². The summed E-state index contributed by atoms with van der Waals surface area (Å²) in [5.41, 5.74) is 0. The molecule has 2 atom stereocenters. The molecule has 0 unspecified atom stereocenters. The van der Waals surface area contributed by atoms with Crippen molar-refractivity contribution in [2.24, 2.45) is 5.92 Å². The van der Waals surface area contributed by atoms with E-state index >= 15 is 0 Å². The Labute approximate surface area is 121 Å². The van der Waals surface area contributed by atoms with Gasteiger partial charge >= 0.3 is 0 Å². The predicted molar refractivity (Wildman–Crippen MR) is 80.0 cm³/mol. The SMILES string of the molecule is C[C@H]1[C@H](N2CCN(c3ccco3)CC2)C2CCN1CC2. The number of anilines is 1. The van der Waals surface area contributed by atoms with E-state index in [1.807, 2.05) is 6.07 Å².